The molecule has 0 saturated carbocycles. The third-order valence-corrected chi connectivity index (χ3v) is 7.17. The molecule has 144 valence electrons. The first-order chi connectivity index (χ1) is 13.0. The maximum Gasteiger partial charge on any atom is 0.243 e. The van der Waals surface area contributed by atoms with Crippen LogP contribution in [0.25, 0.3) is 0 Å². The molecule has 0 aromatic heterocycles. The molecule has 6 nitrogen and oxygen atoms in total. The summed E-state index contributed by atoms with van der Waals surface area (Å²) >= 11 is 1.58. The van der Waals surface area contributed by atoms with Crippen molar-refractivity contribution >= 4 is 33.4 Å². The van der Waals surface area contributed by atoms with E-state index in [0.717, 1.165) is 10.6 Å². The number of hydrogen-bond acceptors (Lipinski definition) is 5. The Hall–Kier alpha value is -1.87. The molecular weight excluding hydrogens is 382 g/mol. The molecule has 0 unspecified atom stereocenters. The van der Waals surface area contributed by atoms with Gasteiger partial charge < -0.3 is 5.32 Å². The number of thioether (sulfide) groups is 1. The summed E-state index contributed by atoms with van der Waals surface area (Å²) in [5, 5.41) is 2.94. The van der Waals surface area contributed by atoms with Crippen molar-refractivity contribution < 1.29 is 13.2 Å². The molecule has 1 saturated heterocycles. The Bertz CT molecular complexity index is 880. The molecule has 0 bridgehead atoms. The minimum Gasteiger partial charge on any atom is -0.324 e. The van der Waals surface area contributed by atoms with Crippen LogP contribution in [-0.4, -0.2) is 62.5 Å². The molecule has 0 radical (unpaired) electrons. The zero-order valence-electron chi connectivity index (χ0n) is 15.2. The van der Waals surface area contributed by atoms with Crippen molar-refractivity contribution in [2.45, 2.75) is 9.79 Å². The molecule has 1 aliphatic heterocycles. The Labute approximate surface area is 164 Å². The molecule has 8 heteroatoms. The first-order valence-electron chi connectivity index (χ1n) is 8.71. The highest BCUT2D eigenvalue weighted by molar-refractivity contribution is 7.98. The van der Waals surface area contributed by atoms with E-state index in [1.54, 1.807) is 42.1 Å². The highest BCUT2D eigenvalue weighted by Crippen LogP contribution is 2.24. The molecule has 1 fully saturated rings. The second-order valence-corrected chi connectivity index (χ2v) is 9.03. The first-order valence-corrected chi connectivity index (χ1v) is 11.4. The zero-order chi connectivity index (χ0) is 19.3. The summed E-state index contributed by atoms with van der Waals surface area (Å²) in [4.78, 5) is 15.7. The fraction of sp³-hybridized carbons (Fsp3) is 0.316. The van der Waals surface area contributed by atoms with Gasteiger partial charge in [-0.3, -0.25) is 9.69 Å². The number of piperazine rings is 1. The second-order valence-electron chi connectivity index (χ2n) is 6.24. The number of sulfonamides is 1. The zero-order valence-corrected chi connectivity index (χ0v) is 16.8. The summed E-state index contributed by atoms with van der Waals surface area (Å²) in [6.07, 6.45) is 1.97. The number of rotatable bonds is 6. The number of amides is 1. The van der Waals surface area contributed by atoms with Gasteiger partial charge in [-0.2, -0.15) is 4.31 Å². The van der Waals surface area contributed by atoms with Crippen molar-refractivity contribution in [3.63, 3.8) is 0 Å². The summed E-state index contributed by atoms with van der Waals surface area (Å²) in [5.74, 6) is -0.0872. The van der Waals surface area contributed by atoms with Gasteiger partial charge in [0, 0.05) is 31.1 Å². The third kappa shape index (κ3) is 4.90. The fourth-order valence-electron chi connectivity index (χ4n) is 3.01. The number of para-hydroxylation sites is 1. The van der Waals surface area contributed by atoms with Gasteiger partial charge >= 0.3 is 0 Å². The molecule has 1 amide bonds. The maximum atomic E-state index is 12.7. The van der Waals surface area contributed by atoms with E-state index in [9.17, 15) is 13.2 Å². The van der Waals surface area contributed by atoms with Crippen LogP contribution in [0.1, 0.15) is 0 Å². The smallest absolute Gasteiger partial charge is 0.243 e. The monoisotopic (exact) mass is 405 g/mol. The first kappa shape index (κ1) is 19.9. The Morgan fingerprint density at radius 2 is 1.63 bits per heavy atom. The predicted octanol–water partition coefficient (Wildman–Crippen LogP) is 2.35. The van der Waals surface area contributed by atoms with E-state index in [-0.39, 0.29) is 12.5 Å². The summed E-state index contributed by atoms with van der Waals surface area (Å²) in [6, 6.07) is 16.1. The van der Waals surface area contributed by atoms with E-state index < -0.39 is 10.0 Å². The second kappa shape index (κ2) is 8.88. The van der Waals surface area contributed by atoms with Crippen LogP contribution < -0.4 is 5.32 Å². The van der Waals surface area contributed by atoms with Crippen LogP contribution >= 0.6 is 11.8 Å². The van der Waals surface area contributed by atoms with Crippen molar-refractivity contribution in [2.75, 3.05) is 44.3 Å². The summed E-state index contributed by atoms with van der Waals surface area (Å²) in [6.45, 7) is 2.08. The van der Waals surface area contributed by atoms with Crippen LogP contribution in [0.5, 0.6) is 0 Å². The molecule has 0 spiro atoms. The molecule has 1 aliphatic rings. The number of carbonyl (C=O) groups excluding carboxylic acids is 1. The molecule has 2 aromatic carbocycles. The van der Waals surface area contributed by atoms with E-state index in [0.29, 0.717) is 31.1 Å². The van der Waals surface area contributed by atoms with Gasteiger partial charge in [-0.25, -0.2) is 8.42 Å². The molecule has 3 rings (SSSR count). The SMILES string of the molecule is CSc1ccccc1NC(=O)CN1CCN(S(=O)(=O)c2ccccc2)CC1. The molecule has 0 aliphatic carbocycles. The van der Waals surface area contributed by atoms with Crippen molar-refractivity contribution in [1.29, 1.82) is 0 Å². The van der Waals surface area contributed by atoms with Gasteiger partial charge in [-0.05, 0) is 30.5 Å². The van der Waals surface area contributed by atoms with E-state index >= 15 is 0 Å². The Kier molecular flexibility index (Phi) is 6.54. The lowest BCUT2D eigenvalue weighted by Crippen LogP contribution is -2.50. The minimum atomic E-state index is -3.47. The molecule has 27 heavy (non-hydrogen) atoms. The Morgan fingerprint density at radius 1 is 1.00 bits per heavy atom. The highest BCUT2D eigenvalue weighted by atomic mass is 32.2. The number of carbonyl (C=O) groups is 1. The number of anilines is 1. The summed E-state index contributed by atoms with van der Waals surface area (Å²) in [7, 11) is -3.47. The van der Waals surface area contributed by atoms with Gasteiger partial charge in [0.05, 0.1) is 17.1 Å². The van der Waals surface area contributed by atoms with Gasteiger partial charge in [0.15, 0.2) is 0 Å². The molecule has 2 aromatic rings. The number of nitrogens with one attached hydrogen (secondary N) is 1. The minimum absolute atomic E-state index is 0.0872. The average Bonchev–Trinajstić information content (AvgIpc) is 2.69. The highest BCUT2D eigenvalue weighted by Gasteiger charge is 2.28. The Balaban J connectivity index is 1.54. The van der Waals surface area contributed by atoms with Crippen molar-refractivity contribution in [3.05, 3.63) is 54.6 Å². The van der Waals surface area contributed by atoms with Gasteiger partial charge in [-0.15, -0.1) is 11.8 Å². The molecule has 1 heterocycles. The average molecular weight is 406 g/mol. The van der Waals surface area contributed by atoms with Crippen molar-refractivity contribution in [1.82, 2.24) is 9.21 Å². The van der Waals surface area contributed by atoms with E-state index in [1.165, 1.54) is 4.31 Å². The number of benzene rings is 2. The standard InChI is InChI=1S/C19H23N3O3S2/c1-26-18-10-6-5-9-17(18)20-19(23)15-21-11-13-22(14-12-21)27(24,25)16-7-3-2-4-8-16/h2-10H,11-15H2,1H3,(H,20,23). The van der Waals surface area contributed by atoms with Crippen molar-refractivity contribution in [2.24, 2.45) is 0 Å². The summed E-state index contributed by atoms with van der Waals surface area (Å²) in [5.41, 5.74) is 0.806. The topological polar surface area (TPSA) is 69.7 Å². The number of hydrogen-bond donors (Lipinski definition) is 1. The predicted molar refractivity (Wildman–Crippen MR) is 108 cm³/mol. The Morgan fingerprint density at radius 3 is 2.30 bits per heavy atom. The van der Waals surface area contributed by atoms with Crippen LogP contribution in [0.15, 0.2) is 64.4 Å². The van der Waals surface area contributed by atoms with Crippen LogP contribution in [0.2, 0.25) is 0 Å². The lowest BCUT2D eigenvalue weighted by Gasteiger charge is -2.33. The van der Waals surface area contributed by atoms with Gasteiger partial charge in [-0.1, -0.05) is 30.3 Å². The van der Waals surface area contributed by atoms with Crippen LogP contribution in [0.3, 0.4) is 0 Å². The molecule has 1 N–H and O–H groups in total. The van der Waals surface area contributed by atoms with E-state index in [2.05, 4.69) is 5.32 Å². The van der Waals surface area contributed by atoms with Crippen LogP contribution in [0, 0.1) is 0 Å². The van der Waals surface area contributed by atoms with Gasteiger partial charge in [0.1, 0.15) is 0 Å². The largest absolute Gasteiger partial charge is 0.324 e. The van der Waals surface area contributed by atoms with E-state index in [4.69, 9.17) is 0 Å². The van der Waals surface area contributed by atoms with E-state index in [1.807, 2.05) is 35.4 Å². The van der Waals surface area contributed by atoms with Gasteiger partial charge in [0.25, 0.3) is 0 Å². The quantitative estimate of drug-likeness (QED) is 0.747. The van der Waals surface area contributed by atoms with Gasteiger partial charge in [0.2, 0.25) is 15.9 Å². The molecular formula is C19H23N3O3S2. The maximum absolute atomic E-state index is 12.7. The number of nitrogens with zero attached hydrogens (tertiary/aromatic N) is 2. The van der Waals surface area contributed by atoms with Crippen LogP contribution in [-0.2, 0) is 14.8 Å². The summed E-state index contributed by atoms with van der Waals surface area (Å²) < 4.78 is 26.8. The third-order valence-electron chi connectivity index (χ3n) is 4.46. The van der Waals surface area contributed by atoms with Crippen molar-refractivity contribution in [3.8, 4) is 0 Å². The van der Waals surface area contributed by atoms with Crippen LogP contribution in [0.4, 0.5) is 5.69 Å². The lowest BCUT2D eigenvalue weighted by atomic mass is 10.3. The fourth-order valence-corrected chi connectivity index (χ4v) is 5.01. The molecule has 0 atom stereocenters. The lowest BCUT2D eigenvalue weighted by molar-refractivity contribution is -0.117. The normalized spacial score (nSPS) is 16.2.